The largest absolute Gasteiger partial charge is 0.334 e. The molecular formula is C18H25FN4. The fourth-order valence-corrected chi connectivity index (χ4v) is 3.17. The quantitative estimate of drug-likeness (QED) is 0.818. The van der Waals surface area contributed by atoms with Crippen molar-refractivity contribution in [1.82, 2.24) is 19.4 Å². The van der Waals surface area contributed by atoms with Crippen molar-refractivity contribution in [3.05, 3.63) is 53.9 Å². The summed E-state index contributed by atoms with van der Waals surface area (Å²) in [7, 11) is 0. The monoisotopic (exact) mass is 316 g/mol. The minimum Gasteiger partial charge on any atom is -0.334 e. The van der Waals surface area contributed by atoms with E-state index in [0.29, 0.717) is 0 Å². The molecule has 1 fully saturated rings. The van der Waals surface area contributed by atoms with Crippen molar-refractivity contribution in [2.75, 3.05) is 32.7 Å². The predicted molar refractivity (Wildman–Crippen MR) is 89.7 cm³/mol. The van der Waals surface area contributed by atoms with Crippen molar-refractivity contribution in [3.63, 3.8) is 0 Å². The maximum absolute atomic E-state index is 13.2. The van der Waals surface area contributed by atoms with Gasteiger partial charge in [0.1, 0.15) is 11.6 Å². The summed E-state index contributed by atoms with van der Waals surface area (Å²) in [6.07, 6.45) is 4.93. The smallest absolute Gasteiger partial charge is 0.123 e. The fourth-order valence-electron chi connectivity index (χ4n) is 3.17. The Hall–Kier alpha value is -1.72. The van der Waals surface area contributed by atoms with Crippen LogP contribution in [0.4, 0.5) is 4.39 Å². The van der Waals surface area contributed by atoms with Gasteiger partial charge in [-0.2, -0.15) is 0 Å². The molecule has 0 aliphatic carbocycles. The molecule has 1 aromatic heterocycles. The van der Waals surface area contributed by atoms with Crippen molar-refractivity contribution < 1.29 is 4.39 Å². The maximum Gasteiger partial charge on any atom is 0.123 e. The van der Waals surface area contributed by atoms with Gasteiger partial charge in [-0.15, -0.1) is 0 Å². The van der Waals surface area contributed by atoms with E-state index in [9.17, 15) is 4.39 Å². The van der Waals surface area contributed by atoms with E-state index in [1.54, 1.807) is 12.1 Å². The molecule has 124 valence electrons. The van der Waals surface area contributed by atoms with Crippen LogP contribution in [0.5, 0.6) is 0 Å². The fraction of sp³-hybridized carbons (Fsp3) is 0.500. The Bertz CT molecular complexity index is 617. The molecule has 0 N–H and O–H groups in total. The van der Waals surface area contributed by atoms with E-state index in [1.165, 1.54) is 6.07 Å². The van der Waals surface area contributed by atoms with Crippen LogP contribution >= 0.6 is 0 Å². The number of hydrogen-bond donors (Lipinski definition) is 0. The summed E-state index contributed by atoms with van der Waals surface area (Å²) in [6.45, 7) is 9.29. The number of rotatable bonds is 6. The first-order chi connectivity index (χ1) is 11.2. The molecule has 0 radical (unpaired) electrons. The highest BCUT2D eigenvalue weighted by molar-refractivity contribution is 5.16. The lowest BCUT2D eigenvalue weighted by molar-refractivity contribution is 0.124. The van der Waals surface area contributed by atoms with Gasteiger partial charge in [0, 0.05) is 64.6 Å². The van der Waals surface area contributed by atoms with Crippen LogP contribution in [0.1, 0.15) is 18.3 Å². The van der Waals surface area contributed by atoms with Crippen molar-refractivity contribution in [3.8, 4) is 0 Å². The van der Waals surface area contributed by atoms with E-state index in [-0.39, 0.29) is 5.82 Å². The normalized spacial score (nSPS) is 16.8. The first-order valence-corrected chi connectivity index (χ1v) is 8.44. The number of hydrogen-bond acceptors (Lipinski definition) is 3. The van der Waals surface area contributed by atoms with Crippen molar-refractivity contribution in [1.29, 1.82) is 0 Å². The topological polar surface area (TPSA) is 24.3 Å². The van der Waals surface area contributed by atoms with Crippen LogP contribution in [0.15, 0.2) is 36.7 Å². The average molecular weight is 316 g/mol. The van der Waals surface area contributed by atoms with Gasteiger partial charge in [-0.25, -0.2) is 9.37 Å². The van der Waals surface area contributed by atoms with Gasteiger partial charge in [0.05, 0.1) is 0 Å². The van der Waals surface area contributed by atoms with E-state index in [4.69, 9.17) is 0 Å². The Morgan fingerprint density at radius 2 is 1.87 bits per heavy atom. The minimum absolute atomic E-state index is 0.145. The lowest BCUT2D eigenvalue weighted by Gasteiger charge is -2.34. The number of nitrogens with zero attached hydrogens (tertiary/aromatic N) is 4. The minimum atomic E-state index is -0.145. The van der Waals surface area contributed by atoms with Crippen molar-refractivity contribution >= 4 is 0 Å². The Morgan fingerprint density at radius 3 is 2.61 bits per heavy atom. The third-order valence-electron chi connectivity index (χ3n) is 4.54. The van der Waals surface area contributed by atoms with Gasteiger partial charge in [0.15, 0.2) is 0 Å². The van der Waals surface area contributed by atoms with Crippen LogP contribution in [0, 0.1) is 5.82 Å². The summed E-state index contributed by atoms with van der Waals surface area (Å²) in [4.78, 5) is 9.27. The summed E-state index contributed by atoms with van der Waals surface area (Å²) < 4.78 is 15.5. The summed E-state index contributed by atoms with van der Waals surface area (Å²) in [5, 5.41) is 0. The molecule has 23 heavy (non-hydrogen) atoms. The number of benzene rings is 1. The molecule has 2 heterocycles. The first kappa shape index (κ1) is 16.1. The zero-order valence-electron chi connectivity index (χ0n) is 13.8. The van der Waals surface area contributed by atoms with Gasteiger partial charge in [0.25, 0.3) is 0 Å². The first-order valence-electron chi connectivity index (χ1n) is 8.44. The van der Waals surface area contributed by atoms with E-state index >= 15 is 0 Å². The second kappa shape index (κ2) is 7.70. The van der Waals surface area contributed by atoms with Gasteiger partial charge in [-0.05, 0) is 17.7 Å². The summed E-state index contributed by atoms with van der Waals surface area (Å²) in [6, 6.07) is 6.93. The van der Waals surface area contributed by atoms with Gasteiger partial charge in [0.2, 0.25) is 0 Å². The Labute approximate surface area is 137 Å². The Morgan fingerprint density at radius 1 is 1.09 bits per heavy atom. The summed E-state index contributed by atoms with van der Waals surface area (Å²) in [5.74, 6) is 1.02. The number of piperazine rings is 1. The number of halogens is 1. The van der Waals surface area contributed by atoms with Gasteiger partial charge in [-0.1, -0.05) is 19.1 Å². The molecule has 1 aliphatic heterocycles. The lowest BCUT2D eigenvalue weighted by atomic mass is 10.2. The molecule has 0 spiro atoms. The van der Waals surface area contributed by atoms with E-state index < -0.39 is 0 Å². The van der Waals surface area contributed by atoms with Crippen LogP contribution in [0.3, 0.4) is 0 Å². The average Bonchev–Trinajstić information content (AvgIpc) is 3.02. The highest BCUT2D eigenvalue weighted by Gasteiger charge is 2.17. The zero-order valence-corrected chi connectivity index (χ0v) is 13.8. The van der Waals surface area contributed by atoms with Crippen LogP contribution in [-0.2, 0) is 19.5 Å². The summed E-state index contributed by atoms with van der Waals surface area (Å²) in [5.41, 5.74) is 1.06. The molecule has 0 amide bonds. The van der Waals surface area contributed by atoms with Crippen molar-refractivity contribution in [2.45, 2.75) is 26.4 Å². The van der Waals surface area contributed by atoms with Crippen LogP contribution in [-0.4, -0.2) is 52.1 Å². The van der Waals surface area contributed by atoms with E-state index in [0.717, 1.165) is 63.6 Å². The number of aryl methyl sites for hydroxylation is 1. The highest BCUT2D eigenvalue weighted by Crippen LogP contribution is 2.10. The molecule has 3 rings (SSSR count). The maximum atomic E-state index is 13.2. The third kappa shape index (κ3) is 4.39. The Kier molecular flexibility index (Phi) is 5.41. The molecular weight excluding hydrogens is 291 g/mol. The lowest BCUT2D eigenvalue weighted by Crippen LogP contribution is -2.46. The van der Waals surface area contributed by atoms with Crippen LogP contribution in [0.2, 0.25) is 0 Å². The SMILES string of the molecule is CCc1nccn1CCN1CCN(Cc2cccc(F)c2)CC1. The van der Waals surface area contributed by atoms with E-state index in [1.807, 2.05) is 12.3 Å². The zero-order chi connectivity index (χ0) is 16.1. The van der Waals surface area contributed by atoms with Crippen LogP contribution < -0.4 is 0 Å². The second-order valence-electron chi connectivity index (χ2n) is 6.14. The molecule has 0 unspecified atom stereocenters. The molecule has 4 nitrogen and oxygen atoms in total. The molecule has 0 bridgehead atoms. The molecule has 1 aliphatic rings. The summed E-state index contributed by atoms with van der Waals surface area (Å²) >= 11 is 0. The molecule has 0 atom stereocenters. The third-order valence-corrected chi connectivity index (χ3v) is 4.54. The molecule has 1 saturated heterocycles. The van der Waals surface area contributed by atoms with Gasteiger partial charge >= 0.3 is 0 Å². The van der Waals surface area contributed by atoms with E-state index in [2.05, 4.69) is 32.5 Å². The highest BCUT2D eigenvalue weighted by atomic mass is 19.1. The Balaban J connectivity index is 1.43. The molecule has 1 aromatic carbocycles. The standard InChI is InChI=1S/C18H25FN4/c1-2-18-20-6-7-23(18)13-12-21-8-10-22(11-9-21)15-16-4-3-5-17(19)14-16/h3-7,14H,2,8-13,15H2,1H3. The van der Waals surface area contributed by atoms with Crippen molar-refractivity contribution in [2.24, 2.45) is 0 Å². The predicted octanol–water partition coefficient (Wildman–Crippen LogP) is 2.40. The molecule has 0 saturated carbocycles. The molecule has 5 heteroatoms. The number of imidazole rings is 1. The molecule has 2 aromatic rings. The van der Waals surface area contributed by atoms with Gasteiger partial charge < -0.3 is 4.57 Å². The second-order valence-corrected chi connectivity index (χ2v) is 6.14. The van der Waals surface area contributed by atoms with Gasteiger partial charge in [-0.3, -0.25) is 9.80 Å². The van der Waals surface area contributed by atoms with Crippen LogP contribution in [0.25, 0.3) is 0 Å². The number of aromatic nitrogens is 2.